The average Bonchev–Trinajstić information content (AvgIpc) is 3.16. The molecule has 1 aromatic carbocycles. The Morgan fingerprint density at radius 1 is 1.39 bits per heavy atom. The van der Waals surface area contributed by atoms with Crippen molar-refractivity contribution in [3.63, 3.8) is 0 Å². The lowest BCUT2D eigenvalue weighted by Gasteiger charge is -2.21. The number of carbonyl (C=O) groups excluding carboxylic acids is 2. The number of nitrogens with one attached hydrogen (secondary N) is 1. The number of rotatable bonds is 4. The van der Waals surface area contributed by atoms with Crippen LogP contribution < -0.4 is 15.1 Å². The molecule has 3 fully saturated rings. The van der Waals surface area contributed by atoms with Crippen LogP contribution in [0.4, 0.5) is 25.0 Å². The molecule has 3 aliphatic rings. The molecule has 1 spiro atoms. The van der Waals surface area contributed by atoms with Gasteiger partial charge in [-0.3, -0.25) is 9.69 Å². The van der Waals surface area contributed by atoms with E-state index in [9.17, 15) is 18.4 Å². The zero-order chi connectivity index (χ0) is 20.1. The molecule has 2 N–H and O–H groups in total. The Morgan fingerprint density at radius 3 is 2.61 bits per heavy atom. The highest BCUT2D eigenvalue weighted by Crippen LogP contribution is 2.52. The van der Waals surface area contributed by atoms with Gasteiger partial charge < -0.3 is 20.2 Å². The molecule has 10 heteroatoms. The molecule has 0 bridgehead atoms. The minimum atomic E-state index is -0.803. The Bertz CT molecular complexity index is 848. The van der Waals surface area contributed by atoms with Gasteiger partial charge in [0.05, 0.1) is 31.0 Å². The number of carbonyl (C=O) groups is 2. The second-order valence-corrected chi connectivity index (χ2v) is 7.49. The van der Waals surface area contributed by atoms with Crippen molar-refractivity contribution in [1.82, 2.24) is 5.32 Å². The third-order valence-electron chi connectivity index (χ3n) is 5.50. The van der Waals surface area contributed by atoms with E-state index in [0.717, 1.165) is 29.9 Å². The molecular formula is C18H20F2N4O4. The zero-order valence-electron chi connectivity index (χ0n) is 15.2. The molecule has 0 aromatic heterocycles. The molecule has 1 atom stereocenters. The van der Waals surface area contributed by atoms with Crippen molar-refractivity contribution < 1.29 is 28.3 Å². The summed E-state index contributed by atoms with van der Waals surface area (Å²) in [7, 11) is 0. The van der Waals surface area contributed by atoms with Crippen LogP contribution in [0.3, 0.4) is 0 Å². The first-order valence-electron chi connectivity index (χ1n) is 9.01. The summed E-state index contributed by atoms with van der Waals surface area (Å²) in [5.74, 6) is -1.87. The van der Waals surface area contributed by atoms with Crippen molar-refractivity contribution in [2.75, 3.05) is 36.0 Å². The quantitative estimate of drug-likeness (QED) is 0.601. The molecule has 8 nitrogen and oxygen atoms in total. The van der Waals surface area contributed by atoms with Gasteiger partial charge in [-0.2, -0.15) is 0 Å². The number of benzene rings is 1. The molecule has 1 aromatic rings. The molecule has 1 saturated carbocycles. The summed E-state index contributed by atoms with van der Waals surface area (Å²) < 4.78 is 34.7. The van der Waals surface area contributed by atoms with Gasteiger partial charge in [-0.05, 0) is 12.8 Å². The van der Waals surface area contributed by atoms with Gasteiger partial charge in [-0.25, -0.2) is 13.6 Å². The molecular weight excluding hydrogens is 374 g/mol. The fraction of sp³-hybridized carbons (Fsp3) is 0.500. The molecule has 2 heterocycles. The van der Waals surface area contributed by atoms with Crippen LogP contribution in [-0.2, 0) is 9.53 Å². The van der Waals surface area contributed by atoms with Crippen molar-refractivity contribution in [1.29, 1.82) is 0 Å². The zero-order valence-corrected chi connectivity index (χ0v) is 15.2. The minimum absolute atomic E-state index is 0.0467. The lowest BCUT2D eigenvalue weighted by Crippen LogP contribution is -2.33. The molecule has 2 saturated heterocycles. The van der Waals surface area contributed by atoms with Crippen molar-refractivity contribution in [3.8, 4) is 0 Å². The molecule has 0 radical (unpaired) electrons. The standard InChI is InChI=1S/C18H20F2N4O4/c1-10(25)21-6-12-7-24(17(26)28-12)11-4-13(19)16(14(20)5-11)23-8-15(22-27)18(9-23)2-3-18/h4-5,12,27H,2-3,6-9H2,1H3,(H,21,25)/t12-/m0/s1. The van der Waals surface area contributed by atoms with Crippen molar-refractivity contribution >= 4 is 29.1 Å². The molecule has 2 aliphatic heterocycles. The number of hydrogen-bond donors (Lipinski definition) is 2. The number of anilines is 2. The molecule has 28 heavy (non-hydrogen) atoms. The third-order valence-corrected chi connectivity index (χ3v) is 5.50. The largest absolute Gasteiger partial charge is 0.442 e. The number of hydrogen-bond acceptors (Lipinski definition) is 6. The van der Waals surface area contributed by atoms with Crippen LogP contribution in [0.25, 0.3) is 0 Å². The summed E-state index contributed by atoms with van der Waals surface area (Å²) in [6, 6.07) is 2.18. The van der Waals surface area contributed by atoms with Crippen LogP contribution >= 0.6 is 0 Å². The summed E-state index contributed by atoms with van der Waals surface area (Å²) in [6.45, 7) is 2.10. The average molecular weight is 394 g/mol. The first kappa shape index (κ1) is 18.5. The van der Waals surface area contributed by atoms with Gasteiger partial charge in [0.2, 0.25) is 5.91 Å². The topological polar surface area (TPSA) is 94.5 Å². The Morgan fingerprint density at radius 2 is 2.07 bits per heavy atom. The highest BCUT2D eigenvalue weighted by molar-refractivity contribution is 5.99. The molecule has 1 aliphatic carbocycles. The van der Waals surface area contributed by atoms with E-state index in [4.69, 9.17) is 9.94 Å². The van der Waals surface area contributed by atoms with Gasteiger partial charge in [0, 0.05) is 31.0 Å². The van der Waals surface area contributed by atoms with Gasteiger partial charge in [0.1, 0.15) is 11.8 Å². The number of nitrogens with zero attached hydrogens (tertiary/aromatic N) is 3. The van der Waals surface area contributed by atoms with Crippen LogP contribution in [0.1, 0.15) is 19.8 Å². The Hall–Kier alpha value is -2.91. The Labute approximate surface area is 159 Å². The highest BCUT2D eigenvalue weighted by atomic mass is 19.1. The summed E-state index contributed by atoms with van der Waals surface area (Å²) in [4.78, 5) is 25.7. The smallest absolute Gasteiger partial charge is 0.414 e. The van der Waals surface area contributed by atoms with E-state index in [0.29, 0.717) is 12.3 Å². The minimum Gasteiger partial charge on any atom is -0.442 e. The van der Waals surface area contributed by atoms with E-state index in [1.54, 1.807) is 0 Å². The van der Waals surface area contributed by atoms with Crippen LogP contribution in [0.5, 0.6) is 0 Å². The van der Waals surface area contributed by atoms with E-state index in [2.05, 4.69) is 10.5 Å². The molecule has 4 rings (SSSR count). The fourth-order valence-electron chi connectivity index (χ4n) is 3.86. The first-order chi connectivity index (χ1) is 13.3. The van der Waals surface area contributed by atoms with Gasteiger partial charge >= 0.3 is 6.09 Å². The lowest BCUT2D eigenvalue weighted by molar-refractivity contribution is -0.119. The summed E-state index contributed by atoms with van der Waals surface area (Å²) in [5, 5.41) is 15.0. The number of halogens is 2. The Kier molecular flexibility index (Phi) is 4.35. The predicted molar refractivity (Wildman–Crippen MR) is 95.8 cm³/mol. The van der Waals surface area contributed by atoms with E-state index in [1.165, 1.54) is 11.8 Å². The van der Waals surface area contributed by atoms with Gasteiger partial charge in [0.15, 0.2) is 11.6 Å². The second-order valence-electron chi connectivity index (χ2n) is 7.49. The highest BCUT2D eigenvalue weighted by Gasteiger charge is 2.54. The summed E-state index contributed by atoms with van der Waals surface area (Å²) >= 11 is 0. The summed E-state index contributed by atoms with van der Waals surface area (Å²) in [6.07, 6.45) is 0.340. The van der Waals surface area contributed by atoms with E-state index in [-0.39, 0.29) is 42.3 Å². The maximum atomic E-state index is 14.8. The van der Waals surface area contributed by atoms with Crippen LogP contribution in [0, 0.1) is 17.0 Å². The van der Waals surface area contributed by atoms with E-state index >= 15 is 0 Å². The number of amides is 2. The van der Waals surface area contributed by atoms with Crippen LogP contribution in [-0.4, -0.2) is 55.2 Å². The monoisotopic (exact) mass is 394 g/mol. The SMILES string of the molecule is CC(=O)NC[C@H]1CN(c2cc(F)c(N3CC(=NO)C4(CC4)C3)c(F)c2)C(=O)O1. The lowest BCUT2D eigenvalue weighted by atomic mass is 10.1. The number of cyclic esters (lactones) is 1. The van der Waals surface area contributed by atoms with Crippen LogP contribution in [0.15, 0.2) is 17.3 Å². The maximum Gasteiger partial charge on any atom is 0.414 e. The van der Waals surface area contributed by atoms with Crippen LogP contribution in [0.2, 0.25) is 0 Å². The van der Waals surface area contributed by atoms with Crippen molar-refractivity contribution in [2.24, 2.45) is 10.6 Å². The molecule has 150 valence electrons. The number of ether oxygens (including phenoxy) is 1. The molecule has 2 amide bonds. The van der Waals surface area contributed by atoms with E-state index < -0.39 is 23.8 Å². The number of oxime groups is 1. The fourth-order valence-corrected chi connectivity index (χ4v) is 3.86. The summed E-state index contributed by atoms with van der Waals surface area (Å²) in [5.41, 5.74) is 0.114. The van der Waals surface area contributed by atoms with Gasteiger partial charge in [-0.1, -0.05) is 5.16 Å². The molecule has 0 unspecified atom stereocenters. The van der Waals surface area contributed by atoms with E-state index in [1.807, 2.05) is 0 Å². The first-order valence-corrected chi connectivity index (χ1v) is 9.01. The van der Waals surface area contributed by atoms with Gasteiger partial charge in [0.25, 0.3) is 0 Å². The predicted octanol–water partition coefficient (Wildman–Crippen LogP) is 1.86. The Balaban J connectivity index is 1.54. The normalized spacial score (nSPS) is 24.2. The van der Waals surface area contributed by atoms with Gasteiger partial charge in [-0.15, -0.1) is 0 Å². The van der Waals surface area contributed by atoms with Crippen molar-refractivity contribution in [2.45, 2.75) is 25.9 Å². The maximum absolute atomic E-state index is 14.8. The van der Waals surface area contributed by atoms with Crippen molar-refractivity contribution in [3.05, 3.63) is 23.8 Å². The second kappa shape index (κ2) is 6.61. The third kappa shape index (κ3) is 3.12.